The van der Waals surface area contributed by atoms with Crippen molar-refractivity contribution in [3.63, 3.8) is 0 Å². The minimum Gasteiger partial charge on any atom is -0.493 e. The third kappa shape index (κ3) is 3.11. The Labute approximate surface area is 150 Å². The Balaban J connectivity index is 2.08. The second-order valence-electron chi connectivity index (χ2n) is 5.50. The fourth-order valence-corrected chi connectivity index (χ4v) is 2.67. The largest absolute Gasteiger partial charge is 0.493 e. The van der Waals surface area contributed by atoms with E-state index in [1.165, 1.54) is 11.8 Å². The second-order valence-corrected chi connectivity index (χ2v) is 5.50. The van der Waals surface area contributed by atoms with E-state index < -0.39 is 0 Å². The van der Waals surface area contributed by atoms with Crippen molar-refractivity contribution in [1.29, 1.82) is 0 Å². The van der Waals surface area contributed by atoms with Crippen LogP contribution in [0.25, 0.3) is 10.9 Å². The molecule has 0 fully saturated rings. The zero-order valence-corrected chi connectivity index (χ0v) is 15.0. The Morgan fingerprint density at radius 3 is 2.31 bits per heavy atom. The van der Waals surface area contributed by atoms with Crippen LogP contribution < -0.4 is 19.8 Å². The van der Waals surface area contributed by atoms with Gasteiger partial charge in [0.2, 0.25) is 5.75 Å². The van der Waals surface area contributed by atoms with Crippen molar-refractivity contribution in [3.05, 3.63) is 58.1 Å². The van der Waals surface area contributed by atoms with Crippen molar-refractivity contribution >= 4 is 17.1 Å². The van der Waals surface area contributed by atoms with Gasteiger partial charge in [-0.05, 0) is 31.2 Å². The van der Waals surface area contributed by atoms with Crippen LogP contribution in [0.1, 0.15) is 11.4 Å². The minimum atomic E-state index is -0.225. The molecule has 3 aromatic rings. The molecule has 3 rings (SSSR count). The first kappa shape index (κ1) is 17.5. The van der Waals surface area contributed by atoms with E-state index in [1.54, 1.807) is 57.7 Å². The highest BCUT2D eigenvalue weighted by Gasteiger charge is 2.12. The number of hydrogen-bond donors (Lipinski definition) is 0. The van der Waals surface area contributed by atoms with Gasteiger partial charge >= 0.3 is 0 Å². The molecule has 134 valence electrons. The van der Waals surface area contributed by atoms with Gasteiger partial charge in [0, 0.05) is 5.56 Å². The van der Waals surface area contributed by atoms with Gasteiger partial charge in [-0.1, -0.05) is 12.1 Å². The quantitative estimate of drug-likeness (QED) is 0.659. The van der Waals surface area contributed by atoms with E-state index in [2.05, 4.69) is 10.1 Å². The normalized spacial score (nSPS) is 11.1. The smallest absolute Gasteiger partial charge is 0.282 e. The first-order valence-electron chi connectivity index (χ1n) is 7.91. The maximum Gasteiger partial charge on any atom is 0.282 e. The molecule has 26 heavy (non-hydrogen) atoms. The zero-order valence-electron chi connectivity index (χ0n) is 15.0. The first-order chi connectivity index (χ1) is 12.6. The Hall–Kier alpha value is -3.35. The van der Waals surface area contributed by atoms with Gasteiger partial charge in [0.1, 0.15) is 5.82 Å². The SMILES string of the molecule is COc1cc(/C=N/n2c(C)nc3ccccc3c2=O)cc(OC)c1OC. The van der Waals surface area contributed by atoms with Crippen LogP contribution in [0.2, 0.25) is 0 Å². The lowest BCUT2D eigenvalue weighted by atomic mass is 10.2. The van der Waals surface area contributed by atoms with E-state index in [0.29, 0.717) is 39.5 Å². The molecule has 0 N–H and O–H groups in total. The number of aryl methyl sites for hydroxylation is 1. The Morgan fingerprint density at radius 1 is 1.04 bits per heavy atom. The molecular weight excluding hydrogens is 334 g/mol. The van der Waals surface area contributed by atoms with Crippen molar-refractivity contribution < 1.29 is 14.2 Å². The predicted octanol–water partition coefficient (Wildman–Crippen LogP) is 2.61. The molecule has 0 bridgehead atoms. The highest BCUT2D eigenvalue weighted by atomic mass is 16.5. The van der Waals surface area contributed by atoms with Gasteiger partial charge in [0.05, 0.1) is 38.4 Å². The highest BCUT2D eigenvalue weighted by molar-refractivity contribution is 5.83. The number of nitrogens with zero attached hydrogens (tertiary/aromatic N) is 3. The number of methoxy groups -OCH3 is 3. The van der Waals surface area contributed by atoms with Crippen LogP contribution in [0, 0.1) is 6.92 Å². The number of rotatable bonds is 5. The van der Waals surface area contributed by atoms with Gasteiger partial charge in [0.15, 0.2) is 11.5 Å². The Morgan fingerprint density at radius 2 is 1.69 bits per heavy atom. The molecule has 2 aromatic carbocycles. The molecule has 0 saturated heterocycles. The van der Waals surface area contributed by atoms with Crippen molar-refractivity contribution in [2.24, 2.45) is 5.10 Å². The number of benzene rings is 2. The minimum absolute atomic E-state index is 0.225. The van der Waals surface area contributed by atoms with E-state index in [-0.39, 0.29) is 5.56 Å². The highest BCUT2D eigenvalue weighted by Crippen LogP contribution is 2.37. The van der Waals surface area contributed by atoms with Crippen LogP contribution in [-0.4, -0.2) is 37.2 Å². The summed E-state index contributed by atoms with van der Waals surface area (Å²) < 4.78 is 17.2. The van der Waals surface area contributed by atoms with Gasteiger partial charge in [-0.25, -0.2) is 4.98 Å². The molecule has 0 spiro atoms. The van der Waals surface area contributed by atoms with Gasteiger partial charge in [-0.15, -0.1) is 0 Å². The average Bonchev–Trinajstić information content (AvgIpc) is 2.66. The maximum absolute atomic E-state index is 12.7. The van der Waals surface area contributed by atoms with Crippen LogP contribution in [0.5, 0.6) is 17.2 Å². The van der Waals surface area contributed by atoms with Crippen molar-refractivity contribution in [3.8, 4) is 17.2 Å². The molecule has 0 saturated carbocycles. The fourth-order valence-electron chi connectivity index (χ4n) is 2.67. The van der Waals surface area contributed by atoms with Gasteiger partial charge in [-0.2, -0.15) is 9.78 Å². The number of para-hydroxylation sites is 1. The predicted molar refractivity (Wildman–Crippen MR) is 99.8 cm³/mol. The molecule has 0 aliphatic carbocycles. The molecule has 0 unspecified atom stereocenters. The molecule has 1 aromatic heterocycles. The van der Waals surface area contributed by atoms with E-state index in [4.69, 9.17) is 14.2 Å². The molecule has 0 aliphatic rings. The lowest BCUT2D eigenvalue weighted by Gasteiger charge is -2.12. The number of aromatic nitrogens is 2. The standard InChI is InChI=1S/C19H19N3O4/c1-12-21-15-8-6-5-7-14(15)19(23)22(12)20-11-13-9-16(24-2)18(26-4)17(10-13)25-3/h5-11H,1-4H3/b20-11+. The molecular formula is C19H19N3O4. The number of fused-ring (bicyclic) bond motifs is 1. The van der Waals surface area contributed by atoms with Gasteiger partial charge in [-0.3, -0.25) is 4.79 Å². The monoisotopic (exact) mass is 353 g/mol. The van der Waals surface area contributed by atoms with Crippen LogP contribution >= 0.6 is 0 Å². The van der Waals surface area contributed by atoms with Crippen molar-refractivity contribution in [2.45, 2.75) is 6.92 Å². The second kappa shape index (κ2) is 7.26. The van der Waals surface area contributed by atoms with Crippen LogP contribution in [0.15, 0.2) is 46.3 Å². The zero-order chi connectivity index (χ0) is 18.7. The number of hydrogen-bond acceptors (Lipinski definition) is 6. The van der Waals surface area contributed by atoms with E-state index in [9.17, 15) is 4.79 Å². The summed E-state index contributed by atoms with van der Waals surface area (Å²) in [6, 6.07) is 10.7. The molecule has 7 nitrogen and oxygen atoms in total. The molecule has 7 heteroatoms. The lowest BCUT2D eigenvalue weighted by Crippen LogP contribution is -2.20. The first-order valence-corrected chi connectivity index (χ1v) is 7.91. The Kier molecular flexibility index (Phi) is 4.88. The summed E-state index contributed by atoms with van der Waals surface area (Å²) in [5, 5.41) is 4.81. The molecule has 0 aliphatic heterocycles. The lowest BCUT2D eigenvalue weighted by molar-refractivity contribution is 0.324. The van der Waals surface area contributed by atoms with E-state index >= 15 is 0 Å². The summed E-state index contributed by atoms with van der Waals surface area (Å²) in [6.45, 7) is 1.74. The summed E-state index contributed by atoms with van der Waals surface area (Å²) in [6.07, 6.45) is 1.55. The number of ether oxygens (including phenoxy) is 3. The van der Waals surface area contributed by atoms with Crippen LogP contribution in [0.4, 0.5) is 0 Å². The summed E-state index contributed by atoms with van der Waals surface area (Å²) in [5.74, 6) is 2.01. The van der Waals surface area contributed by atoms with Crippen molar-refractivity contribution in [1.82, 2.24) is 9.66 Å². The van der Waals surface area contributed by atoms with E-state index in [1.807, 2.05) is 6.07 Å². The third-order valence-corrected chi connectivity index (χ3v) is 3.92. The fraction of sp³-hybridized carbons (Fsp3) is 0.211. The summed E-state index contributed by atoms with van der Waals surface area (Å²) in [4.78, 5) is 17.1. The molecule has 0 atom stereocenters. The molecule has 0 radical (unpaired) electrons. The summed E-state index contributed by atoms with van der Waals surface area (Å²) >= 11 is 0. The Bertz CT molecular complexity index is 1020. The van der Waals surface area contributed by atoms with Crippen LogP contribution in [-0.2, 0) is 0 Å². The maximum atomic E-state index is 12.7. The van der Waals surface area contributed by atoms with Gasteiger partial charge < -0.3 is 14.2 Å². The summed E-state index contributed by atoms with van der Waals surface area (Å²) in [7, 11) is 4.62. The van der Waals surface area contributed by atoms with Crippen LogP contribution in [0.3, 0.4) is 0 Å². The topological polar surface area (TPSA) is 74.9 Å². The van der Waals surface area contributed by atoms with Gasteiger partial charge in [0.25, 0.3) is 5.56 Å². The average molecular weight is 353 g/mol. The molecule has 1 heterocycles. The van der Waals surface area contributed by atoms with Crippen molar-refractivity contribution in [2.75, 3.05) is 21.3 Å². The molecule has 0 amide bonds. The third-order valence-electron chi connectivity index (χ3n) is 3.92. The van der Waals surface area contributed by atoms with E-state index in [0.717, 1.165) is 0 Å². The summed E-state index contributed by atoms with van der Waals surface area (Å²) in [5.41, 5.74) is 1.12.